The minimum Gasteiger partial charge on any atom is -0.352 e. The van der Waals surface area contributed by atoms with E-state index in [1.165, 1.54) is 35.6 Å². The lowest BCUT2D eigenvalue weighted by molar-refractivity contribution is -0.120. The van der Waals surface area contributed by atoms with Crippen LogP contribution in [0.4, 0.5) is 5.69 Å². The molecule has 1 amide bonds. The Morgan fingerprint density at radius 2 is 1.72 bits per heavy atom. The van der Waals surface area contributed by atoms with E-state index in [0.29, 0.717) is 17.3 Å². The third-order valence-corrected chi connectivity index (χ3v) is 6.40. The minimum absolute atomic E-state index is 0.122. The second kappa shape index (κ2) is 9.07. The van der Waals surface area contributed by atoms with Crippen molar-refractivity contribution in [2.75, 3.05) is 11.4 Å². The van der Waals surface area contributed by atoms with Crippen LogP contribution >= 0.6 is 11.6 Å². The highest BCUT2D eigenvalue weighted by atomic mass is 35.5. The van der Waals surface area contributed by atoms with E-state index in [4.69, 9.17) is 11.6 Å². The molecule has 0 unspecified atom stereocenters. The zero-order valence-corrected chi connectivity index (χ0v) is 17.3. The Morgan fingerprint density at radius 1 is 1.03 bits per heavy atom. The zero-order chi connectivity index (χ0) is 20.9. The average molecular weight is 430 g/mol. The van der Waals surface area contributed by atoms with E-state index < -0.39 is 10.0 Å². The third kappa shape index (κ3) is 5.34. The molecule has 0 aliphatic heterocycles. The lowest BCUT2D eigenvalue weighted by Crippen LogP contribution is -2.26. The zero-order valence-electron chi connectivity index (χ0n) is 15.7. The first kappa shape index (κ1) is 20.8. The number of pyridine rings is 1. The second-order valence-corrected chi connectivity index (χ2v) is 8.81. The molecular weight excluding hydrogens is 410 g/mol. The van der Waals surface area contributed by atoms with Gasteiger partial charge in [-0.2, -0.15) is 0 Å². The summed E-state index contributed by atoms with van der Waals surface area (Å²) in [7, 11) is -2.21. The monoisotopic (exact) mass is 429 g/mol. The van der Waals surface area contributed by atoms with Crippen molar-refractivity contribution in [3.05, 3.63) is 89.2 Å². The van der Waals surface area contributed by atoms with Crippen LogP contribution in [0.3, 0.4) is 0 Å². The molecule has 3 rings (SSSR count). The van der Waals surface area contributed by atoms with Crippen molar-refractivity contribution in [3.63, 3.8) is 0 Å². The first-order valence-corrected chi connectivity index (χ1v) is 10.7. The molecule has 3 aromatic rings. The van der Waals surface area contributed by atoms with Gasteiger partial charge in [-0.15, -0.1) is 0 Å². The standard InChI is InChI=1S/C21H20ClN3O3S/c1-25(29(27,28)20-10-6-18(22)7-11-20)19-8-4-16(5-9-19)13-21(26)24-15-17-3-2-12-23-14-17/h2-12,14H,13,15H2,1H3,(H,24,26). The topological polar surface area (TPSA) is 79.4 Å². The first-order valence-electron chi connectivity index (χ1n) is 8.85. The number of aromatic nitrogens is 1. The number of nitrogens with one attached hydrogen (secondary N) is 1. The lowest BCUT2D eigenvalue weighted by atomic mass is 10.1. The van der Waals surface area contributed by atoms with E-state index >= 15 is 0 Å². The molecule has 0 atom stereocenters. The molecule has 0 aliphatic rings. The van der Waals surface area contributed by atoms with Crippen LogP contribution in [-0.2, 0) is 27.8 Å². The second-order valence-electron chi connectivity index (χ2n) is 6.41. The Bertz CT molecular complexity index is 1070. The van der Waals surface area contributed by atoms with E-state index in [2.05, 4.69) is 10.3 Å². The molecule has 1 N–H and O–H groups in total. The van der Waals surface area contributed by atoms with Crippen molar-refractivity contribution in [1.82, 2.24) is 10.3 Å². The van der Waals surface area contributed by atoms with Gasteiger partial charge in [0.1, 0.15) is 0 Å². The number of benzene rings is 2. The third-order valence-electron chi connectivity index (χ3n) is 4.35. The van der Waals surface area contributed by atoms with Gasteiger partial charge in [0.15, 0.2) is 0 Å². The van der Waals surface area contributed by atoms with Crippen LogP contribution in [0.2, 0.25) is 5.02 Å². The number of amides is 1. The maximum Gasteiger partial charge on any atom is 0.264 e. The Balaban J connectivity index is 1.63. The smallest absolute Gasteiger partial charge is 0.264 e. The van der Waals surface area contributed by atoms with Gasteiger partial charge in [-0.25, -0.2) is 8.42 Å². The molecule has 0 bridgehead atoms. The van der Waals surface area contributed by atoms with Crippen LogP contribution in [-0.4, -0.2) is 26.4 Å². The average Bonchev–Trinajstić information content (AvgIpc) is 2.73. The van der Waals surface area contributed by atoms with Crippen molar-refractivity contribution >= 4 is 33.2 Å². The van der Waals surface area contributed by atoms with Crippen molar-refractivity contribution in [2.24, 2.45) is 0 Å². The number of carbonyl (C=O) groups is 1. The highest BCUT2D eigenvalue weighted by Crippen LogP contribution is 2.23. The lowest BCUT2D eigenvalue weighted by Gasteiger charge is -2.20. The van der Waals surface area contributed by atoms with E-state index in [0.717, 1.165) is 11.1 Å². The van der Waals surface area contributed by atoms with Gasteiger partial charge in [0.25, 0.3) is 10.0 Å². The maximum atomic E-state index is 12.7. The molecule has 0 saturated heterocycles. The number of nitrogens with zero attached hydrogens (tertiary/aromatic N) is 2. The number of hydrogen-bond donors (Lipinski definition) is 1. The molecule has 0 aliphatic carbocycles. The van der Waals surface area contributed by atoms with Gasteiger partial charge in [-0.05, 0) is 53.6 Å². The molecule has 6 nitrogen and oxygen atoms in total. The molecule has 0 radical (unpaired) electrons. The Kier molecular flexibility index (Phi) is 6.51. The molecule has 0 fully saturated rings. The number of hydrogen-bond acceptors (Lipinski definition) is 4. The first-order chi connectivity index (χ1) is 13.9. The minimum atomic E-state index is -3.69. The molecule has 2 aromatic carbocycles. The molecule has 0 spiro atoms. The van der Waals surface area contributed by atoms with Crippen molar-refractivity contribution in [3.8, 4) is 0 Å². The van der Waals surface area contributed by atoms with Crippen LogP contribution in [0.1, 0.15) is 11.1 Å². The molecule has 0 saturated carbocycles. The summed E-state index contributed by atoms with van der Waals surface area (Å²) in [5.74, 6) is -0.122. The Morgan fingerprint density at radius 3 is 2.34 bits per heavy atom. The van der Waals surface area contributed by atoms with Crippen molar-refractivity contribution in [2.45, 2.75) is 17.9 Å². The van der Waals surface area contributed by atoms with Gasteiger partial charge in [-0.1, -0.05) is 29.8 Å². The highest BCUT2D eigenvalue weighted by molar-refractivity contribution is 7.92. The normalized spacial score (nSPS) is 11.1. The summed E-state index contributed by atoms with van der Waals surface area (Å²) in [6.07, 6.45) is 3.58. The molecule has 29 heavy (non-hydrogen) atoms. The van der Waals surface area contributed by atoms with Crippen LogP contribution in [0.15, 0.2) is 78.0 Å². The molecule has 150 valence electrons. The summed E-state index contributed by atoms with van der Waals surface area (Å²) in [5.41, 5.74) is 2.21. The Labute approximate surface area is 175 Å². The molecule has 8 heteroatoms. The van der Waals surface area contributed by atoms with Gasteiger partial charge in [0.2, 0.25) is 5.91 Å². The largest absolute Gasteiger partial charge is 0.352 e. The highest BCUT2D eigenvalue weighted by Gasteiger charge is 2.21. The van der Waals surface area contributed by atoms with E-state index in [-0.39, 0.29) is 17.2 Å². The number of anilines is 1. The van der Waals surface area contributed by atoms with E-state index in [1.807, 2.05) is 12.1 Å². The summed E-state index contributed by atoms with van der Waals surface area (Å²) in [6, 6.07) is 16.6. The summed E-state index contributed by atoms with van der Waals surface area (Å²) in [5, 5.41) is 3.31. The number of rotatable bonds is 7. The fraction of sp³-hybridized carbons (Fsp3) is 0.143. The summed E-state index contributed by atoms with van der Waals surface area (Å²) >= 11 is 5.83. The van der Waals surface area contributed by atoms with Crippen LogP contribution in [0.5, 0.6) is 0 Å². The Hall–Kier alpha value is -2.90. The summed E-state index contributed by atoms with van der Waals surface area (Å²) in [4.78, 5) is 16.3. The fourth-order valence-corrected chi connectivity index (χ4v) is 4.00. The van der Waals surface area contributed by atoms with Gasteiger partial charge >= 0.3 is 0 Å². The van der Waals surface area contributed by atoms with Gasteiger partial charge in [-0.3, -0.25) is 14.1 Å². The van der Waals surface area contributed by atoms with Crippen LogP contribution in [0, 0.1) is 0 Å². The number of carbonyl (C=O) groups excluding carboxylic acids is 1. The number of sulfonamides is 1. The predicted molar refractivity (Wildman–Crippen MR) is 113 cm³/mol. The quantitative estimate of drug-likeness (QED) is 0.624. The van der Waals surface area contributed by atoms with E-state index in [1.54, 1.807) is 36.7 Å². The molecule has 1 heterocycles. The summed E-state index contributed by atoms with van der Waals surface area (Å²) < 4.78 is 26.7. The van der Waals surface area contributed by atoms with Gasteiger partial charge in [0, 0.05) is 31.0 Å². The van der Waals surface area contributed by atoms with Crippen LogP contribution < -0.4 is 9.62 Å². The number of halogens is 1. The SMILES string of the molecule is CN(c1ccc(CC(=O)NCc2cccnc2)cc1)S(=O)(=O)c1ccc(Cl)cc1. The molecular formula is C21H20ClN3O3S. The summed E-state index contributed by atoms with van der Waals surface area (Å²) in [6.45, 7) is 0.410. The van der Waals surface area contributed by atoms with Crippen molar-refractivity contribution < 1.29 is 13.2 Å². The fourth-order valence-electron chi connectivity index (χ4n) is 2.68. The van der Waals surface area contributed by atoms with E-state index in [9.17, 15) is 13.2 Å². The van der Waals surface area contributed by atoms with Crippen molar-refractivity contribution in [1.29, 1.82) is 0 Å². The maximum absolute atomic E-state index is 12.7. The molecule has 1 aromatic heterocycles. The predicted octanol–water partition coefficient (Wildman–Crippen LogP) is 3.42. The van der Waals surface area contributed by atoms with Gasteiger partial charge < -0.3 is 5.32 Å². The van der Waals surface area contributed by atoms with Gasteiger partial charge in [0.05, 0.1) is 17.0 Å². The van der Waals surface area contributed by atoms with Crippen LogP contribution in [0.25, 0.3) is 0 Å².